The predicted octanol–water partition coefficient (Wildman–Crippen LogP) is 2.27. The molecule has 0 aromatic rings. The number of unbranched alkanes of at least 4 members (excludes halogenated alkanes) is 4. The highest BCUT2D eigenvalue weighted by Crippen LogP contribution is 2.12. The van der Waals surface area contributed by atoms with Crippen LogP contribution in [0.3, 0.4) is 0 Å². The number of hydrogen-bond acceptors (Lipinski definition) is 2. The van der Waals surface area contributed by atoms with Gasteiger partial charge in [-0.15, -0.1) is 0 Å². The molecule has 1 atom stereocenters. The van der Waals surface area contributed by atoms with E-state index in [1.54, 1.807) is 0 Å². The number of rotatable bonds is 8. The number of nitrogens with two attached hydrogens (primary N) is 1. The molecule has 0 radical (unpaired) electrons. The third kappa shape index (κ3) is 9.99. The molecule has 0 saturated heterocycles. The van der Waals surface area contributed by atoms with Gasteiger partial charge in [0.1, 0.15) is 0 Å². The lowest BCUT2D eigenvalue weighted by Gasteiger charge is -2.08. The van der Waals surface area contributed by atoms with Crippen LogP contribution in [-0.4, -0.2) is 14.2 Å². The van der Waals surface area contributed by atoms with Crippen LogP contribution in [-0.2, 0) is 10.0 Å². The molecule has 2 N–H and O–H groups in total. The average molecular weight is 221 g/mol. The van der Waals surface area contributed by atoms with E-state index >= 15 is 0 Å². The lowest BCUT2D eigenvalue weighted by Crippen LogP contribution is -2.21. The highest BCUT2D eigenvalue weighted by Gasteiger charge is 2.10. The predicted molar refractivity (Wildman–Crippen MR) is 60.5 cm³/mol. The van der Waals surface area contributed by atoms with Crippen molar-refractivity contribution in [3.05, 3.63) is 0 Å². The molecular weight excluding hydrogens is 198 g/mol. The van der Waals surface area contributed by atoms with E-state index in [-0.39, 0.29) is 11.7 Å². The summed E-state index contributed by atoms with van der Waals surface area (Å²) in [6, 6.07) is 0. The number of primary sulfonamides is 1. The molecule has 14 heavy (non-hydrogen) atoms. The quantitative estimate of drug-likeness (QED) is 0.639. The van der Waals surface area contributed by atoms with Gasteiger partial charge in [0.2, 0.25) is 10.0 Å². The van der Waals surface area contributed by atoms with Gasteiger partial charge < -0.3 is 0 Å². The molecule has 3 nitrogen and oxygen atoms in total. The van der Waals surface area contributed by atoms with Crippen LogP contribution in [0.2, 0.25) is 0 Å². The molecule has 0 aliphatic rings. The zero-order chi connectivity index (χ0) is 11.0. The Morgan fingerprint density at radius 3 is 2.21 bits per heavy atom. The minimum absolute atomic E-state index is 0.126. The van der Waals surface area contributed by atoms with Crippen molar-refractivity contribution in [2.24, 2.45) is 11.1 Å². The summed E-state index contributed by atoms with van der Waals surface area (Å²) < 4.78 is 21.5. The Kier molecular flexibility index (Phi) is 7.19. The van der Waals surface area contributed by atoms with Crippen molar-refractivity contribution < 1.29 is 8.42 Å². The zero-order valence-corrected chi connectivity index (χ0v) is 10.1. The van der Waals surface area contributed by atoms with Crippen LogP contribution < -0.4 is 5.14 Å². The van der Waals surface area contributed by atoms with E-state index in [2.05, 4.69) is 6.92 Å². The maximum absolute atomic E-state index is 10.8. The fraction of sp³-hybridized carbons (Fsp3) is 1.00. The van der Waals surface area contributed by atoms with E-state index in [0.717, 1.165) is 12.8 Å². The van der Waals surface area contributed by atoms with Crippen LogP contribution in [0.1, 0.15) is 52.4 Å². The second kappa shape index (κ2) is 7.23. The molecule has 1 unspecified atom stereocenters. The Morgan fingerprint density at radius 1 is 1.14 bits per heavy atom. The van der Waals surface area contributed by atoms with E-state index in [0.29, 0.717) is 0 Å². The van der Waals surface area contributed by atoms with Crippen LogP contribution in [0, 0.1) is 5.92 Å². The fourth-order valence-electron chi connectivity index (χ4n) is 1.58. The largest absolute Gasteiger partial charge is 0.229 e. The lowest BCUT2D eigenvalue weighted by atomic mass is 10.0. The van der Waals surface area contributed by atoms with Gasteiger partial charge in [-0.1, -0.05) is 46.0 Å². The van der Waals surface area contributed by atoms with Gasteiger partial charge in [-0.25, -0.2) is 13.6 Å². The van der Waals surface area contributed by atoms with Crippen LogP contribution in [0.25, 0.3) is 0 Å². The molecule has 0 aromatic carbocycles. The Labute approximate surface area is 88.1 Å². The summed E-state index contributed by atoms with van der Waals surface area (Å²) in [6.07, 6.45) is 7.09. The molecule has 0 aliphatic heterocycles. The van der Waals surface area contributed by atoms with Gasteiger partial charge in [-0.05, 0) is 12.3 Å². The van der Waals surface area contributed by atoms with E-state index in [1.807, 2.05) is 6.92 Å². The van der Waals surface area contributed by atoms with Crippen molar-refractivity contribution in [2.45, 2.75) is 52.4 Å². The summed E-state index contributed by atoms with van der Waals surface area (Å²) in [5, 5.41) is 4.96. The Hall–Kier alpha value is -0.0900. The minimum atomic E-state index is -3.27. The van der Waals surface area contributed by atoms with E-state index < -0.39 is 10.0 Å². The summed E-state index contributed by atoms with van der Waals surface area (Å²) in [5.41, 5.74) is 0. The Bertz CT molecular complexity index is 224. The first-order valence-electron chi connectivity index (χ1n) is 5.46. The zero-order valence-electron chi connectivity index (χ0n) is 9.33. The molecule has 0 fully saturated rings. The highest BCUT2D eigenvalue weighted by atomic mass is 32.2. The molecule has 0 amide bonds. The summed E-state index contributed by atoms with van der Waals surface area (Å²) in [6.45, 7) is 4.13. The third-order valence-electron chi connectivity index (χ3n) is 2.32. The van der Waals surface area contributed by atoms with E-state index in [9.17, 15) is 8.42 Å². The fourth-order valence-corrected chi connectivity index (χ4v) is 2.54. The highest BCUT2D eigenvalue weighted by molar-refractivity contribution is 7.89. The van der Waals surface area contributed by atoms with Gasteiger partial charge in [0.25, 0.3) is 0 Å². The number of sulfonamides is 1. The maximum atomic E-state index is 10.8. The van der Waals surface area contributed by atoms with Gasteiger partial charge in [0.15, 0.2) is 0 Å². The first kappa shape index (κ1) is 13.9. The van der Waals surface area contributed by atoms with Gasteiger partial charge in [-0.2, -0.15) is 0 Å². The molecule has 4 heteroatoms. The van der Waals surface area contributed by atoms with Crippen molar-refractivity contribution in [3.8, 4) is 0 Å². The lowest BCUT2D eigenvalue weighted by molar-refractivity contribution is 0.509. The normalized spacial score (nSPS) is 14.2. The number of hydrogen-bond donors (Lipinski definition) is 1. The maximum Gasteiger partial charge on any atom is 0.209 e. The SMILES string of the molecule is CCCCCCCC(C)CS(N)(=O)=O. The Morgan fingerprint density at radius 2 is 1.71 bits per heavy atom. The summed E-state index contributed by atoms with van der Waals surface area (Å²) in [7, 11) is -3.27. The average Bonchev–Trinajstić information content (AvgIpc) is 2.00. The summed E-state index contributed by atoms with van der Waals surface area (Å²) >= 11 is 0. The van der Waals surface area contributed by atoms with Crippen LogP contribution in [0.4, 0.5) is 0 Å². The molecule has 0 aliphatic carbocycles. The van der Waals surface area contributed by atoms with Crippen molar-refractivity contribution in [3.63, 3.8) is 0 Å². The van der Waals surface area contributed by atoms with Crippen LogP contribution in [0.15, 0.2) is 0 Å². The van der Waals surface area contributed by atoms with Gasteiger partial charge in [-0.3, -0.25) is 0 Å². The van der Waals surface area contributed by atoms with Crippen LogP contribution >= 0.6 is 0 Å². The molecule has 0 spiro atoms. The molecule has 0 heterocycles. The summed E-state index contributed by atoms with van der Waals surface area (Å²) in [5.74, 6) is 0.326. The third-order valence-corrected chi connectivity index (χ3v) is 3.35. The smallest absolute Gasteiger partial charge is 0.209 e. The summed E-state index contributed by atoms with van der Waals surface area (Å²) in [4.78, 5) is 0. The van der Waals surface area contributed by atoms with Crippen molar-refractivity contribution in [1.82, 2.24) is 0 Å². The van der Waals surface area contributed by atoms with E-state index in [4.69, 9.17) is 5.14 Å². The second-order valence-corrected chi connectivity index (χ2v) is 5.80. The molecule has 0 rings (SSSR count). The monoisotopic (exact) mass is 221 g/mol. The molecule has 0 saturated carbocycles. The molecule has 86 valence electrons. The van der Waals surface area contributed by atoms with Crippen LogP contribution in [0.5, 0.6) is 0 Å². The van der Waals surface area contributed by atoms with Gasteiger partial charge >= 0.3 is 0 Å². The van der Waals surface area contributed by atoms with Gasteiger partial charge in [0, 0.05) is 0 Å². The topological polar surface area (TPSA) is 60.2 Å². The first-order valence-corrected chi connectivity index (χ1v) is 7.17. The second-order valence-electron chi connectivity index (χ2n) is 4.14. The minimum Gasteiger partial charge on any atom is -0.229 e. The van der Waals surface area contributed by atoms with Crippen molar-refractivity contribution >= 4 is 10.0 Å². The van der Waals surface area contributed by atoms with Crippen molar-refractivity contribution in [2.75, 3.05) is 5.75 Å². The first-order chi connectivity index (χ1) is 6.45. The molecule has 0 aromatic heterocycles. The molecule has 0 bridgehead atoms. The van der Waals surface area contributed by atoms with Crippen molar-refractivity contribution in [1.29, 1.82) is 0 Å². The Balaban J connectivity index is 3.41. The molecular formula is C10H23NO2S. The van der Waals surface area contributed by atoms with Gasteiger partial charge in [0.05, 0.1) is 5.75 Å². The standard InChI is InChI=1S/C10H23NO2S/c1-3-4-5-6-7-8-10(2)9-14(11,12)13/h10H,3-9H2,1-2H3,(H2,11,12,13). The van der Waals surface area contributed by atoms with E-state index in [1.165, 1.54) is 25.7 Å².